The van der Waals surface area contributed by atoms with Gasteiger partial charge in [-0.3, -0.25) is 9.59 Å². The Morgan fingerprint density at radius 2 is 2.06 bits per heavy atom. The molecule has 2 aromatic rings. The Labute approximate surface area is 177 Å². The molecule has 1 saturated carbocycles. The van der Waals surface area contributed by atoms with E-state index >= 15 is 0 Å². The number of amides is 1. The molecule has 1 aliphatic carbocycles. The topological polar surface area (TPSA) is 93.5 Å². The van der Waals surface area contributed by atoms with Crippen molar-refractivity contribution < 1.29 is 23.1 Å². The van der Waals surface area contributed by atoms with Crippen LogP contribution in [0.15, 0.2) is 17.1 Å². The van der Waals surface area contributed by atoms with E-state index in [0.29, 0.717) is 0 Å². The Morgan fingerprint density at radius 1 is 1.32 bits per heavy atom. The summed E-state index contributed by atoms with van der Waals surface area (Å²) in [5.74, 6) is -2.31. The zero-order valence-electron chi connectivity index (χ0n) is 17.4. The molecule has 1 saturated heterocycles. The summed E-state index contributed by atoms with van der Waals surface area (Å²) in [6.07, 6.45) is 1.88. The Balaban J connectivity index is 1.74. The summed E-state index contributed by atoms with van der Waals surface area (Å²) < 4.78 is 36.1. The van der Waals surface area contributed by atoms with Crippen LogP contribution in [0.1, 0.15) is 43.1 Å². The quantitative estimate of drug-likeness (QED) is 0.699. The van der Waals surface area contributed by atoms with Crippen molar-refractivity contribution in [3.05, 3.63) is 33.9 Å². The van der Waals surface area contributed by atoms with Gasteiger partial charge in [0.2, 0.25) is 11.3 Å². The SMILES string of the molecule is CCOC(=O)c1cn(C2CC2)c2nc(N3C[C@H](CNC(C)=O)[C@@H](F)C3)c(F)cc2c1=O. The predicted octanol–water partition coefficient (Wildman–Crippen LogP) is 1.96. The minimum Gasteiger partial charge on any atom is -0.462 e. The molecule has 1 aliphatic heterocycles. The van der Waals surface area contributed by atoms with Crippen LogP contribution in [-0.4, -0.2) is 53.8 Å². The van der Waals surface area contributed by atoms with Crippen molar-refractivity contribution in [2.24, 2.45) is 5.92 Å². The Hall–Kier alpha value is -3.04. The first-order chi connectivity index (χ1) is 14.8. The van der Waals surface area contributed by atoms with Crippen molar-refractivity contribution in [2.45, 2.75) is 38.9 Å². The van der Waals surface area contributed by atoms with Gasteiger partial charge in [0, 0.05) is 38.2 Å². The third-order valence-corrected chi connectivity index (χ3v) is 5.65. The van der Waals surface area contributed by atoms with Gasteiger partial charge in [0.1, 0.15) is 17.4 Å². The number of nitrogens with zero attached hydrogens (tertiary/aromatic N) is 3. The predicted molar refractivity (Wildman–Crippen MR) is 109 cm³/mol. The zero-order chi connectivity index (χ0) is 22.3. The van der Waals surface area contributed by atoms with Crippen LogP contribution in [0.2, 0.25) is 0 Å². The lowest BCUT2D eigenvalue weighted by Gasteiger charge is -2.20. The average molecular weight is 434 g/mol. The van der Waals surface area contributed by atoms with Gasteiger partial charge in [0.05, 0.1) is 18.5 Å². The van der Waals surface area contributed by atoms with Gasteiger partial charge in [0.25, 0.3) is 0 Å². The highest BCUT2D eigenvalue weighted by Gasteiger charge is 2.36. The molecule has 8 nitrogen and oxygen atoms in total. The van der Waals surface area contributed by atoms with Crippen LogP contribution in [0.4, 0.5) is 14.6 Å². The van der Waals surface area contributed by atoms with E-state index in [0.717, 1.165) is 18.9 Å². The lowest BCUT2D eigenvalue weighted by atomic mass is 10.1. The summed E-state index contributed by atoms with van der Waals surface area (Å²) in [6, 6.07) is 1.12. The molecule has 0 aromatic carbocycles. The Morgan fingerprint density at radius 3 is 2.71 bits per heavy atom. The first-order valence-corrected chi connectivity index (χ1v) is 10.4. The number of carbonyl (C=O) groups excluding carboxylic acids is 2. The molecule has 0 spiro atoms. The second-order valence-corrected chi connectivity index (χ2v) is 8.01. The number of carbonyl (C=O) groups is 2. The number of esters is 1. The van der Waals surface area contributed by atoms with E-state index in [-0.39, 0.29) is 60.6 Å². The molecule has 2 aromatic heterocycles. The van der Waals surface area contributed by atoms with Crippen LogP contribution in [0.3, 0.4) is 0 Å². The van der Waals surface area contributed by atoms with E-state index in [2.05, 4.69) is 10.3 Å². The van der Waals surface area contributed by atoms with Crippen molar-refractivity contribution in [3.63, 3.8) is 0 Å². The summed E-state index contributed by atoms with van der Waals surface area (Å²) in [5.41, 5.74) is -0.537. The number of hydrogen-bond donors (Lipinski definition) is 1. The van der Waals surface area contributed by atoms with Crippen LogP contribution in [0, 0.1) is 11.7 Å². The molecule has 1 N–H and O–H groups in total. The monoisotopic (exact) mass is 434 g/mol. The molecule has 0 bridgehead atoms. The van der Waals surface area contributed by atoms with Gasteiger partial charge in [-0.25, -0.2) is 18.6 Å². The van der Waals surface area contributed by atoms with Crippen LogP contribution in [0.25, 0.3) is 11.0 Å². The van der Waals surface area contributed by atoms with E-state index in [1.165, 1.54) is 18.0 Å². The normalized spacial score (nSPS) is 20.8. The Kier molecular flexibility index (Phi) is 5.63. The van der Waals surface area contributed by atoms with Crippen molar-refractivity contribution in [3.8, 4) is 0 Å². The number of pyridine rings is 2. The summed E-state index contributed by atoms with van der Waals surface area (Å²) in [4.78, 5) is 42.1. The molecule has 2 fully saturated rings. The van der Waals surface area contributed by atoms with Crippen molar-refractivity contribution in [1.82, 2.24) is 14.9 Å². The van der Waals surface area contributed by atoms with Crippen molar-refractivity contribution >= 4 is 28.7 Å². The van der Waals surface area contributed by atoms with E-state index in [1.54, 1.807) is 11.5 Å². The molecule has 1 amide bonds. The van der Waals surface area contributed by atoms with Gasteiger partial charge in [-0.15, -0.1) is 0 Å². The highest BCUT2D eigenvalue weighted by molar-refractivity contribution is 5.93. The number of alkyl halides is 1. The van der Waals surface area contributed by atoms with Gasteiger partial charge in [-0.05, 0) is 25.8 Å². The second-order valence-electron chi connectivity index (χ2n) is 8.01. The van der Waals surface area contributed by atoms with E-state index in [4.69, 9.17) is 4.74 Å². The average Bonchev–Trinajstić information content (AvgIpc) is 3.49. The number of anilines is 1. The highest BCUT2D eigenvalue weighted by atomic mass is 19.1. The number of rotatable bonds is 6. The second kappa shape index (κ2) is 8.24. The molecule has 2 atom stereocenters. The maximum atomic E-state index is 15.0. The van der Waals surface area contributed by atoms with Gasteiger partial charge in [-0.1, -0.05) is 0 Å². The van der Waals surface area contributed by atoms with E-state index in [1.807, 2.05) is 0 Å². The van der Waals surface area contributed by atoms with E-state index < -0.39 is 29.3 Å². The smallest absolute Gasteiger partial charge is 0.343 e. The molecule has 0 radical (unpaired) electrons. The minimum atomic E-state index is -1.25. The molecular weight excluding hydrogens is 410 g/mol. The van der Waals surface area contributed by atoms with Crippen LogP contribution >= 0.6 is 0 Å². The largest absolute Gasteiger partial charge is 0.462 e. The van der Waals surface area contributed by atoms with Gasteiger partial charge in [0.15, 0.2) is 11.6 Å². The molecular formula is C21H24F2N4O4. The fourth-order valence-corrected chi connectivity index (χ4v) is 3.92. The zero-order valence-corrected chi connectivity index (χ0v) is 17.4. The van der Waals surface area contributed by atoms with Gasteiger partial charge >= 0.3 is 5.97 Å². The lowest BCUT2D eigenvalue weighted by Crippen LogP contribution is -2.31. The number of fused-ring (bicyclic) bond motifs is 1. The van der Waals surface area contributed by atoms with Gasteiger partial charge in [-0.2, -0.15) is 0 Å². The minimum absolute atomic E-state index is 0.00973. The molecule has 0 unspecified atom stereocenters. The first-order valence-electron chi connectivity index (χ1n) is 10.4. The number of halogens is 2. The van der Waals surface area contributed by atoms with Crippen LogP contribution < -0.4 is 15.6 Å². The standard InChI is InChI=1S/C21H24F2N4O4/c1-3-31-21(30)15-9-27(13-4-5-13)19-14(18(15)29)6-16(22)20(25-19)26-8-12(17(23)10-26)7-24-11(2)28/h6,9,12-13,17H,3-5,7-8,10H2,1-2H3,(H,24,28)/t12-,17-/m0/s1. The summed E-state index contributed by atoms with van der Waals surface area (Å²) in [5, 5.41) is 2.58. The first kappa shape index (κ1) is 21.2. The molecule has 166 valence electrons. The number of nitrogens with one attached hydrogen (secondary N) is 1. The summed E-state index contributed by atoms with van der Waals surface area (Å²) in [7, 11) is 0. The molecule has 2 aliphatic rings. The fraction of sp³-hybridized carbons (Fsp3) is 0.524. The highest BCUT2D eigenvalue weighted by Crippen LogP contribution is 2.37. The van der Waals surface area contributed by atoms with Crippen LogP contribution in [-0.2, 0) is 9.53 Å². The lowest BCUT2D eigenvalue weighted by molar-refractivity contribution is -0.119. The molecule has 10 heteroatoms. The third-order valence-electron chi connectivity index (χ3n) is 5.65. The van der Waals surface area contributed by atoms with Gasteiger partial charge < -0.3 is 19.5 Å². The fourth-order valence-electron chi connectivity index (χ4n) is 3.92. The number of aromatic nitrogens is 2. The molecule has 31 heavy (non-hydrogen) atoms. The summed E-state index contributed by atoms with van der Waals surface area (Å²) >= 11 is 0. The van der Waals surface area contributed by atoms with Crippen molar-refractivity contribution in [2.75, 3.05) is 31.1 Å². The van der Waals surface area contributed by atoms with Crippen molar-refractivity contribution in [1.29, 1.82) is 0 Å². The third kappa shape index (κ3) is 4.11. The summed E-state index contributed by atoms with van der Waals surface area (Å²) in [6.45, 7) is 3.38. The maximum absolute atomic E-state index is 15.0. The van der Waals surface area contributed by atoms with Crippen LogP contribution in [0.5, 0.6) is 0 Å². The van der Waals surface area contributed by atoms with E-state index in [9.17, 15) is 23.2 Å². The maximum Gasteiger partial charge on any atom is 0.343 e. The Bertz CT molecular complexity index is 1100. The number of ether oxygens (including phenoxy) is 1. The molecule has 3 heterocycles. The molecule has 4 rings (SSSR count). The number of hydrogen-bond acceptors (Lipinski definition) is 6.